The molecule has 1 aliphatic heterocycles. The maximum absolute atomic E-state index is 12.4. The molecule has 2 aromatic carbocycles. The minimum absolute atomic E-state index is 0.0779. The summed E-state index contributed by atoms with van der Waals surface area (Å²) < 4.78 is 10.8. The fraction of sp³-hybridized carbons (Fsp3) is 0.300. The van der Waals surface area contributed by atoms with Crippen molar-refractivity contribution >= 4 is 29.3 Å². The third kappa shape index (κ3) is 5.08. The fourth-order valence-electron chi connectivity index (χ4n) is 2.92. The quantitative estimate of drug-likeness (QED) is 0.433. The number of hydrogen-bond donors (Lipinski definition) is 1. The summed E-state index contributed by atoms with van der Waals surface area (Å²) in [6, 6.07) is 11.2. The van der Waals surface area contributed by atoms with Gasteiger partial charge in [-0.2, -0.15) is 0 Å². The number of amides is 1. The predicted molar refractivity (Wildman–Crippen MR) is 107 cm³/mol. The lowest BCUT2D eigenvalue weighted by molar-refractivity contribution is -0.386. The Kier molecular flexibility index (Phi) is 6.40. The number of nitrogens with zero attached hydrogens (tertiary/aromatic N) is 2. The second-order valence-electron chi connectivity index (χ2n) is 6.50. The largest absolute Gasteiger partial charge is 0.474 e. The van der Waals surface area contributed by atoms with Crippen LogP contribution < -0.4 is 15.0 Å². The van der Waals surface area contributed by atoms with Crippen LogP contribution in [0.4, 0.5) is 17.1 Å². The molecule has 2 aromatic rings. The van der Waals surface area contributed by atoms with Gasteiger partial charge in [0.2, 0.25) is 0 Å². The zero-order valence-electron chi connectivity index (χ0n) is 15.9. The average molecular weight is 399 g/mol. The Morgan fingerprint density at radius 2 is 1.93 bits per heavy atom. The van der Waals surface area contributed by atoms with E-state index in [1.54, 1.807) is 12.1 Å². The van der Waals surface area contributed by atoms with Gasteiger partial charge >= 0.3 is 5.69 Å². The van der Waals surface area contributed by atoms with Crippen LogP contribution in [-0.2, 0) is 9.53 Å². The van der Waals surface area contributed by atoms with Gasteiger partial charge in [0.25, 0.3) is 5.91 Å². The second-order valence-corrected chi connectivity index (χ2v) is 6.50. The van der Waals surface area contributed by atoms with Crippen LogP contribution in [0.1, 0.15) is 17.3 Å². The van der Waals surface area contributed by atoms with E-state index in [1.165, 1.54) is 19.1 Å². The summed E-state index contributed by atoms with van der Waals surface area (Å²) in [7, 11) is 0. The SMILES string of the molecule is C[C@H](Oc1ccc(C=O)cc1[N+](=O)[O-])C(=O)Nc1ccc(N2CCOCC2)cc1. The molecule has 9 heteroatoms. The van der Waals surface area contributed by atoms with E-state index in [0.29, 0.717) is 25.2 Å². The summed E-state index contributed by atoms with van der Waals surface area (Å²) >= 11 is 0. The molecule has 1 atom stereocenters. The van der Waals surface area contributed by atoms with Crippen molar-refractivity contribution in [1.29, 1.82) is 0 Å². The summed E-state index contributed by atoms with van der Waals surface area (Å²) in [4.78, 5) is 36.0. The first-order valence-electron chi connectivity index (χ1n) is 9.12. The van der Waals surface area contributed by atoms with Crippen molar-refractivity contribution in [2.75, 3.05) is 36.5 Å². The molecule has 1 heterocycles. The molecule has 0 bridgehead atoms. The van der Waals surface area contributed by atoms with Gasteiger partial charge in [-0.1, -0.05) is 0 Å². The monoisotopic (exact) mass is 399 g/mol. The number of nitro benzene ring substituents is 1. The predicted octanol–water partition coefficient (Wildman–Crippen LogP) is 2.65. The van der Waals surface area contributed by atoms with Gasteiger partial charge in [-0.05, 0) is 43.3 Å². The van der Waals surface area contributed by atoms with Gasteiger partial charge in [-0.3, -0.25) is 19.7 Å². The van der Waals surface area contributed by atoms with Crippen LogP contribution in [0.25, 0.3) is 0 Å². The second kappa shape index (κ2) is 9.16. The molecule has 1 amide bonds. The van der Waals surface area contributed by atoms with Crippen LogP contribution in [0.5, 0.6) is 5.75 Å². The number of ether oxygens (including phenoxy) is 2. The van der Waals surface area contributed by atoms with Crippen LogP contribution in [0.3, 0.4) is 0 Å². The van der Waals surface area contributed by atoms with Gasteiger partial charge in [0.1, 0.15) is 6.29 Å². The number of hydrogen-bond acceptors (Lipinski definition) is 7. The van der Waals surface area contributed by atoms with E-state index in [0.717, 1.165) is 24.8 Å². The maximum Gasteiger partial charge on any atom is 0.311 e. The highest BCUT2D eigenvalue weighted by atomic mass is 16.6. The number of rotatable bonds is 7. The Morgan fingerprint density at radius 3 is 2.55 bits per heavy atom. The molecule has 0 saturated carbocycles. The number of anilines is 2. The van der Waals surface area contributed by atoms with Gasteiger partial charge in [0.15, 0.2) is 11.9 Å². The normalized spacial score (nSPS) is 14.7. The number of nitrogens with one attached hydrogen (secondary N) is 1. The first kappa shape index (κ1) is 20.3. The number of aldehydes is 1. The molecule has 3 rings (SSSR count). The minimum Gasteiger partial charge on any atom is -0.474 e. The van der Waals surface area contributed by atoms with Gasteiger partial charge in [-0.25, -0.2) is 0 Å². The summed E-state index contributed by atoms with van der Waals surface area (Å²) in [5, 5.41) is 13.9. The van der Waals surface area contributed by atoms with Gasteiger partial charge < -0.3 is 19.7 Å². The minimum atomic E-state index is -0.977. The molecule has 0 unspecified atom stereocenters. The van der Waals surface area contributed by atoms with Crippen LogP contribution in [0, 0.1) is 10.1 Å². The summed E-state index contributed by atoms with van der Waals surface area (Å²) in [6.07, 6.45) is -0.470. The van der Waals surface area contributed by atoms with Crippen molar-refractivity contribution < 1.29 is 24.0 Å². The Bertz CT molecular complexity index is 894. The Morgan fingerprint density at radius 1 is 1.24 bits per heavy atom. The van der Waals surface area contributed by atoms with Crippen LogP contribution >= 0.6 is 0 Å². The van der Waals surface area contributed by atoms with Crippen molar-refractivity contribution in [3.63, 3.8) is 0 Å². The van der Waals surface area contributed by atoms with Crippen molar-refractivity contribution in [2.45, 2.75) is 13.0 Å². The Hall–Kier alpha value is -3.46. The third-order valence-corrected chi connectivity index (χ3v) is 4.50. The van der Waals surface area contributed by atoms with E-state index < -0.39 is 16.9 Å². The first-order valence-corrected chi connectivity index (χ1v) is 9.12. The van der Waals surface area contributed by atoms with E-state index in [4.69, 9.17) is 9.47 Å². The number of carbonyl (C=O) groups is 2. The molecule has 1 saturated heterocycles. The lowest BCUT2D eigenvalue weighted by Gasteiger charge is -2.29. The number of morpholine rings is 1. The van der Waals surface area contributed by atoms with E-state index >= 15 is 0 Å². The molecule has 1 aliphatic rings. The molecule has 9 nitrogen and oxygen atoms in total. The summed E-state index contributed by atoms with van der Waals surface area (Å²) in [5.41, 5.74) is 1.42. The van der Waals surface area contributed by atoms with E-state index in [9.17, 15) is 19.7 Å². The van der Waals surface area contributed by atoms with E-state index in [-0.39, 0.29) is 17.0 Å². The van der Waals surface area contributed by atoms with E-state index in [1.807, 2.05) is 12.1 Å². The average Bonchev–Trinajstić information content (AvgIpc) is 2.75. The van der Waals surface area contributed by atoms with Crippen LogP contribution in [0.2, 0.25) is 0 Å². The molecular weight excluding hydrogens is 378 g/mol. The molecule has 0 radical (unpaired) electrons. The Balaban J connectivity index is 1.63. The van der Waals surface area contributed by atoms with Gasteiger partial charge in [0.05, 0.1) is 18.1 Å². The molecule has 0 aliphatic carbocycles. The molecular formula is C20H21N3O6. The smallest absolute Gasteiger partial charge is 0.311 e. The van der Waals surface area contributed by atoms with Crippen molar-refractivity contribution in [3.8, 4) is 5.75 Å². The van der Waals surface area contributed by atoms with Crippen molar-refractivity contribution in [2.24, 2.45) is 0 Å². The standard InChI is InChI=1S/C20H21N3O6/c1-14(29-19-7-2-15(13-24)12-18(19)23(26)27)20(25)21-16-3-5-17(6-4-16)22-8-10-28-11-9-22/h2-7,12-14H,8-11H2,1H3,(H,21,25)/t14-/m0/s1. The van der Waals surface area contributed by atoms with Gasteiger partial charge in [0, 0.05) is 36.1 Å². The molecule has 29 heavy (non-hydrogen) atoms. The highest BCUT2D eigenvalue weighted by molar-refractivity contribution is 5.94. The summed E-state index contributed by atoms with van der Waals surface area (Å²) in [6.45, 7) is 4.51. The summed E-state index contributed by atoms with van der Waals surface area (Å²) in [5.74, 6) is -0.524. The van der Waals surface area contributed by atoms with Crippen molar-refractivity contribution in [1.82, 2.24) is 0 Å². The Labute approximate surface area is 167 Å². The molecule has 1 fully saturated rings. The molecule has 1 N–H and O–H groups in total. The molecule has 0 spiro atoms. The van der Waals surface area contributed by atoms with E-state index in [2.05, 4.69) is 10.2 Å². The number of benzene rings is 2. The van der Waals surface area contributed by atoms with Crippen LogP contribution in [-0.4, -0.2) is 49.5 Å². The zero-order chi connectivity index (χ0) is 20.8. The molecule has 0 aromatic heterocycles. The fourth-order valence-corrected chi connectivity index (χ4v) is 2.92. The lowest BCUT2D eigenvalue weighted by atomic mass is 10.2. The first-order chi connectivity index (χ1) is 14.0. The number of carbonyl (C=O) groups excluding carboxylic acids is 2. The maximum atomic E-state index is 12.4. The lowest BCUT2D eigenvalue weighted by Crippen LogP contribution is -2.36. The van der Waals surface area contributed by atoms with Crippen LogP contribution in [0.15, 0.2) is 42.5 Å². The topological polar surface area (TPSA) is 111 Å². The number of nitro groups is 1. The van der Waals surface area contributed by atoms with Gasteiger partial charge in [-0.15, -0.1) is 0 Å². The zero-order valence-corrected chi connectivity index (χ0v) is 15.9. The highest BCUT2D eigenvalue weighted by Gasteiger charge is 2.22. The highest BCUT2D eigenvalue weighted by Crippen LogP contribution is 2.28. The third-order valence-electron chi connectivity index (χ3n) is 4.50. The van der Waals surface area contributed by atoms with Crippen molar-refractivity contribution in [3.05, 3.63) is 58.1 Å². The molecule has 152 valence electrons.